The molecule has 2 heterocycles. The summed E-state index contributed by atoms with van der Waals surface area (Å²) in [4.78, 5) is 6.81. The van der Waals surface area contributed by atoms with Gasteiger partial charge in [0.2, 0.25) is 0 Å². The lowest BCUT2D eigenvalue weighted by molar-refractivity contribution is 0.0529. The Hall–Kier alpha value is -1.13. The molecule has 2 unspecified atom stereocenters. The summed E-state index contributed by atoms with van der Waals surface area (Å²) in [6, 6.07) is 4.47. The van der Waals surface area contributed by atoms with Crippen LogP contribution < -0.4 is 10.6 Å². The molecule has 1 aromatic heterocycles. The van der Waals surface area contributed by atoms with Crippen molar-refractivity contribution in [3.63, 3.8) is 0 Å². The highest BCUT2D eigenvalue weighted by Crippen LogP contribution is 2.16. The van der Waals surface area contributed by atoms with Crippen molar-refractivity contribution >= 4 is 5.82 Å². The van der Waals surface area contributed by atoms with E-state index in [0.717, 1.165) is 38.4 Å². The van der Waals surface area contributed by atoms with Gasteiger partial charge in [0, 0.05) is 25.3 Å². The smallest absolute Gasteiger partial charge is 0.128 e. The number of nitrogens with two attached hydrogens (primary N) is 1. The Labute approximate surface area is 109 Å². The Morgan fingerprint density at radius 3 is 3.00 bits per heavy atom. The fourth-order valence-corrected chi connectivity index (χ4v) is 2.20. The maximum absolute atomic E-state index is 5.95. The van der Waals surface area contributed by atoms with Gasteiger partial charge in [0.05, 0.1) is 12.7 Å². The average molecular weight is 249 g/mol. The Morgan fingerprint density at radius 1 is 1.56 bits per heavy atom. The first-order valence-electron chi connectivity index (χ1n) is 6.76. The molecule has 2 atom stereocenters. The Balaban J connectivity index is 1.98. The summed E-state index contributed by atoms with van der Waals surface area (Å²) < 4.78 is 5.53. The van der Waals surface area contributed by atoms with Crippen LogP contribution in [0.25, 0.3) is 0 Å². The predicted octanol–water partition coefficient (Wildman–Crippen LogP) is 1.59. The van der Waals surface area contributed by atoms with Gasteiger partial charge in [-0.1, -0.05) is 13.0 Å². The van der Waals surface area contributed by atoms with Crippen LogP contribution in [-0.4, -0.2) is 36.8 Å². The molecule has 1 aromatic rings. The predicted molar refractivity (Wildman–Crippen MR) is 73.8 cm³/mol. The molecule has 0 spiro atoms. The van der Waals surface area contributed by atoms with E-state index in [-0.39, 0.29) is 12.1 Å². The van der Waals surface area contributed by atoms with Gasteiger partial charge in [-0.25, -0.2) is 4.98 Å². The second-order valence-corrected chi connectivity index (χ2v) is 5.02. The maximum atomic E-state index is 5.95. The minimum Gasteiger partial charge on any atom is -0.375 e. The molecular weight excluding hydrogens is 226 g/mol. The highest BCUT2D eigenvalue weighted by atomic mass is 16.5. The van der Waals surface area contributed by atoms with Crippen LogP contribution in [0.3, 0.4) is 0 Å². The minimum atomic E-state index is 0.237. The zero-order valence-electron chi connectivity index (χ0n) is 11.3. The number of ether oxygens (including phenoxy) is 1. The zero-order chi connectivity index (χ0) is 13.0. The van der Waals surface area contributed by atoms with E-state index in [1.54, 1.807) is 0 Å². The molecule has 1 aliphatic rings. The van der Waals surface area contributed by atoms with E-state index in [2.05, 4.69) is 35.9 Å². The monoisotopic (exact) mass is 249 g/mol. The van der Waals surface area contributed by atoms with E-state index in [0.29, 0.717) is 0 Å². The van der Waals surface area contributed by atoms with Crippen LogP contribution in [0.5, 0.6) is 0 Å². The molecule has 4 heteroatoms. The fraction of sp³-hybridized carbons (Fsp3) is 0.643. The van der Waals surface area contributed by atoms with E-state index in [1.807, 2.05) is 6.20 Å². The SMILES string of the molecule is CCC(N)Cc1ccc(N2CCOC(C)C2)nc1. The van der Waals surface area contributed by atoms with Crippen LogP contribution in [0.15, 0.2) is 18.3 Å². The third kappa shape index (κ3) is 3.43. The van der Waals surface area contributed by atoms with Crippen LogP contribution in [-0.2, 0) is 11.2 Å². The molecule has 0 amide bonds. The van der Waals surface area contributed by atoms with Gasteiger partial charge in [-0.15, -0.1) is 0 Å². The number of nitrogens with zero attached hydrogens (tertiary/aromatic N) is 2. The van der Waals surface area contributed by atoms with E-state index in [1.165, 1.54) is 5.56 Å². The van der Waals surface area contributed by atoms with E-state index in [9.17, 15) is 0 Å². The standard InChI is InChI=1S/C14H23N3O/c1-3-13(15)8-12-4-5-14(16-9-12)17-6-7-18-11(2)10-17/h4-5,9,11,13H,3,6-8,10,15H2,1-2H3. The molecule has 0 radical (unpaired) electrons. The first kappa shape index (κ1) is 13.3. The minimum absolute atomic E-state index is 0.237. The summed E-state index contributed by atoms with van der Waals surface area (Å²) in [6.07, 6.45) is 4.14. The Morgan fingerprint density at radius 2 is 2.39 bits per heavy atom. The topological polar surface area (TPSA) is 51.4 Å². The van der Waals surface area contributed by atoms with Gasteiger partial charge in [0.15, 0.2) is 0 Å². The fourth-order valence-electron chi connectivity index (χ4n) is 2.20. The largest absolute Gasteiger partial charge is 0.375 e. The summed E-state index contributed by atoms with van der Waals surface area (Å²) in [7, 11) is 0. The van der Waals surface area contributed by atoms with Gasteiger partial charge >= 0.3 is 0 Å². The van der Waals surface area contributed by atoms with Crippen LogP contribution in [0.1, 0.15) is 25.8 Å². The zero-order valence-corrected chi connectivity index (χ0v) is 11.3. The van der Waals surface area contributed by atoms with E-state index < -0.39 is 0 Å². The van der Waals surface area contributed by atoms with Crippen molar-refractivity contribution in [1.29, 1.82) is 0 Å². The molecule has 1 aliphatic heterocycles. The number of hydrogen-bond donors (Lipinski definition) is 1. The van der Waals surface area contributed by atoms with Gasteiger partial charge in [-0.3, -0.25) is 0 Å². The molecule has 2 N–H and O–H groups in total. The lowest BCUT2D eigenvalue weighted by Crippen LogP contribution is -2.41. The second-order valence-electron chi connectivity index (χ2n) is 5.02. The number of hydrogen-bond acceptors (Lipinski definition) is 4. The quantitative estimate of drug-likeness (QED) is 0.880. The van der Waals surface area contributed by atoms with Crippen molar-refractivity contribution in [1.82, 2.24) is 4.98 Å². The number of pyridine rings is 1. The van der Waals surface area contributed by atoms with Crippen molar-refractivity contribution in [3.05, 3.63) is 23.9 Å². The molecule has 0 aliphatic carbocycles. The van der Waals surface area contributed by atoms with Gasteiger partial charge in [-0.05, 0) is 31.4 Å². The first-order valence-corrected chi connectivity index (χ1v) is 6.76. The Kier molecular flexibility index (Phi) is 4.55. The lowest BCUT2D eigenvalue weighted by Gasteiger charge is -2.32. The summed E-state index contributed by atoms with van der Waals surface area (Å²) in [6.45, 7) is 6.83. The molecule has 100 valence electrons. The molecule has 1 fully saturated rings. The van der Waals surface area contributed by atoms with Crippen molar-refractivity contribution in [2.24, 2.45) is 5.73 Å². The lowest BCUT2D eigenvalue weighted by atomic mass is 10.1. The van der Waals surface area contributed by atoms with Crippen LogP contribution in [0, 0.1) is 0 Å². The van der Waals surface area contributed by atoms with Gasteiger partial charge < -0.3 is 15.4 Å². The molecule has 0 saturated carbocycles. The van der Waals surface area contributed by atoms with Crippen molar-refractivity contribution in [2.45, 2.75) is 38.8 Å². The van der Waals surface area contributed by atoms with E-state index in [4.69, 9.17) is 10.5 Å². The molecule has 2 rings (SSSR count). The number of morpholine rings is 1. The third-order valence-corrected chi connectivity index (χ3v) is 3.40. The van der Waals surface area contributed by atoms with Crippen molar-refractivity contribution < 1.29 is 4.74 Å². The molecule has 0 aromatic carbocycles. The van der Waals surface area contributed by atoms with E-state index >= 15 is 0 Å². The number of rotatable bonds is 4. The molecule has 18 heavy (non-hydrogen) atoms. The number of aromatic nitrogens is 1. The van der Waals surface area contributed by atoms with Crippen LogP contribution >= 0.6 is 0 Å². The normalized spacial score (nSPS) is 21.9. The van der Waals surface area contributed by atoms with Gasteiger partial charge in [0.1, 0.15) is 5.82 Å². The summed E-state index contributed by atoms with van der Waals surface area (Å²) in [5.74, 6) is 1.04. The van der Waals surface area contributed by atoms with Crippen LogP contribution in [0.4, 0.5) is 5.82 Å². The average Bonchev–Trinajstić information content (AvgIpc) is 2.39. The van der Waals surface area contributed by atoms with Crippen molar-refractivity contribution in [2.75, 3.05) is 24.6 Å². The van der Waals surface area contributed by atoms with Gasteiger partial charge in [-0.2, -0.15) is 0 Å². The highest BCUT2D eigenvalue weighted by Gasteiger charge is 2.17. The highest BCUT2D eigenvalue weighted by molar-refractivity contribution is 5.40. The molecule has 0 bridgehead atoms. The second kappa shape index (κ2) is 6.16. The number of anilines is 1. The maximum Gasteiger partial charge on any atom is 0.128 e. The molecular formula is C14H23N3O. The summed E-state index contributed by atoms with van der Waals surface area (Å²) in [5.41, 5.74) is 7.17. The van der Waals surface area contributed by atoms with Crippen LogP contribution in [0.2, 0.25) is 0 Å². The Bertz CT molecular complexity index is 366. The molecule has 1 saturated heterocycles. The molecule has 4 nitrogen and oxygen atoms in total. The summed E-state index contributed by atoms with van der Waals surface area (Å²) in [5, 5.41) is 0. The van der Waals surface area contributed by atoms with Crippen molar-refractivity contribution in [3.8, 4) is 0 Å². The third-order valence-electron chi connectivity index (χ3n) is 3.40. The summed E-state index contributed by atoms with van der Waals surface area (Å²) >= 11 is 0. The van der Waals surface area contributed by atoms with Gasteiger partial charge in [0.25, 0.3) is 0 Å². The first-order chi connectivity index (χ1) is 8.69.